The summed E-state index contributed by atoms with van der Waals surface area (Å²) >= 11 is 0. The Morgan fingerprint density at radius 3 is 2.79 bits per heavy atom. The van der Waals surface area contributed by atoms with Gasteiger partial charge in [-0.25, -0.2) is 8.78 Å². The number of aryl methyl sites for hydroxylation is 2. The molecule has 0 aliphatic rings. The first-order valence-corrected chi connectivity index (χ1v) is 5.70. The first-order chi connectivity index (χ1) is 8.99. The highest BCUT2D eigenvalue weighted by Crippen LogP contribution is 2.11. The largest absolute Gasteiger partial charge is 0.348 e. The van der Waals surface area contributed by atoms with Crippen molar-refractivity contribution in [3.8, 4) is 0 Å². The number of carbonyl (C=O) groups excluding carboxylic acids is 1. The molecule has 0 saturated heterocycles. The molecular weight excluding hydrogens is 252 g/mol. The molecule has 0 saturated carbocycles. The van der Waals surface area contributed by atoms with Crippen molar-refractivity contribution in [2.24, 2.45) is 7.05 Å². The summed E-state index contributed by atoms with van der Waals surface area (Å²) in [7, 11) is 1.77. The fourth-order valence-electron chi connectivity index (χ4n) is 1.77. The molecule has 1 aromatic heterocycles. The maximum atomic E-state index is 13.4. The molecule has 1 amide bonds. The zero-order valence-corrected chi connectivity index (χ0v) is 10.6. The molecule has 0 unspecified atom stereocenters. The molecule has 0 aliphatic carbocycles. The third-order valence-electron chi connectivity index (χ3n) is 2.75. The summed E-state index contributed by atoms with van der Waals surface area (Å²) in [6, 6.07) is 3.50. The summed E-state index contributed by atoms with van der Waals surface area (Å²) in [5.41, 5.74) is 1.30. The average molecular weight is 265 g/mol. The van der Waals surface area contributed by atoms with Gasteiger partial charge in [0.1, 0.15) is 0 Å². The second-order valence-electron chi connectivity index (χ2n) is 4.20. The fraction of sp³-hybridized carbons (Fsp3) is 0.231. The zero-order chi connectivity index (χ0) is 14.0. The van der Waals surface area contributed by atoms with Crippen LogP contribution in [0.25, 0.3) is 0 Å². The minimum atomic E-state index is -1.14. The monoisotopic (exact) mass is 265 g/mol. The van der Waals surface area contributed by atoms with Gasteiger partial charge in [-0.15, -0.1) is 0 Å². The second kappa shape index (κ2) is 5.17. The smallest absolute Gasteiger partial charge is 0.254 e. The van der Waals surface area contributed by atoms with E-state index in [0.29, 0.717) is 0 Å². The molecule has 0 aliphatic heterocycles. The lowest BCUT2D eigenvalue weighted by atomic mass is 10.2. The quantitative estimate of drug-likeness (QED) is 0.921. The van der Waals surface area contributed by atoms with E-state index in [1.165, 1.54) is 12.1 Å². The van der Waals surface area contributed by atoms with E-state index in [0.717, 1.165) is 17.3 Å². The molecule has 1 N–H and O–H groups in total. The van der Waals surface area contributed by atoms with Crippen LogP contribution in [0.3, 0.4) is 0 Å². The molecule has 6 heteroatoms. The predicted octanol–water partition coefficient (Wildman–Crippen LogP) is 1.94. The summed E-state index contributed by atoms with van der Waals surface area (Å²) in [4.78, 5) is 11.8. The number of nitrogens with one attached hydrogen (secondary N) is 1. The number of hydrogen-bond acceptors (Lipinski definition) is 2. The molecule has 0 atom stereocenters. The summed E-state index contributed by atoms with van der Waals surface area (Å²) in [6.07, 6.45) is 1.76. The molecule has 0 fully saturated rings. The Morgan fingerprint density at radius 2 is 2.16 bits per heavy atom. The minimum Gasteiger partial charge on any atom is -0.348 e. The zero-order valence-electron chi connectivity index (χ0n) is 10.6. The molecule has 2 rings (SSSR count). The summed E-state index contributed by atoms with van der Waals surface area (Å²) < 4.78 is 28.0. The number of halogens is 2. The maximum Gasteiger partial charge on any atom is 0.254 e. The summed E-state index contributed by atoms with van der Waals surface area (Å²) in [5.74, 6) is -2.83. The van der Waals surface area contributed by atoms with Crippen molar-refractivity contribution in [3.63, 3.8) is 0 Å². The van der Waals surface area contributed by atoms with E-state index in [1.54, 1.807) is 17.9 Å². The third-order valence-corrected chi connectivity index (χ3v) is 2.75. The van der Waals surface area contributed by atoms with Crippen LogP contribution in [0, 0.1) is 18.6 Å². The minimum absolute atomic E-state index is 0.217. The van der Waals surface area contributed by atoms with Gasteiger partial charge in [-0.1, -0.05) is 6.07 Å². The van der Waals surface area contributed by atoms with Gasteiger partial charge in [0.25, 0.3) is 5.91 Å². The molecule has 19 heavy (non-hydrogen) atoms. The Kier molecular flexibility index (Phi) is 3.59. The molecule has 0 radical (unpaired) electrons. The van der Waals surface area contributed by atoms with Crippen LogP contribution in [-0.4, -0.2) is 15.7 Å². The van der Waals surface area contributed by atoms with E-state index < -0.39 is 17.5 Å². The summed E-state index contributed by atoms with van der Waals surface area (Å²) in [6.45, 7) is 2.03. The predicted molar refractivity (Wildman–Crippen MR) is 65.5 cm³/mol. The van der Waals surface area contributed by atoms with Crippen LogP contribution in [0.4, 0.5) is 8.78 Å². The van der Waals surface area contributed by atoms with Crippen LogP contribution in [0.1, 0.15) is 21.6 Å². The molecule has 0 bridgehead atoms. The van der Waals surface area contributed by atoms with Crippen LogP contribution < -0.4 is 5.32 Å². The Hall–Kier alpha value is -2.24. The van der Waals surface area contributed by atoms with E-state index in [2.05, 4.69) is 10.4 Å². The van der Waals surface area contributed by atoms with Gasteiger partial charge in [0.05, 0.1) is 11.3 Å². The highest BCUT2D eigenvalue weighted by molar-refractivity contribution is 5.94. The highest BCUT2D eigenvalue weighted by Gasteiger charge is 2.15. The van der Waals surface area contributed by atoms with Crippen molar-refractivity contribution in [3.05, 3.63) is 52.9 Å². The van der Waals surface area contributed by atoms with Gasteiger partial charge in [0.15, 0.2) is 11.6 Å². The van der Waals surface area contributed by atoms with Crippen molar-refractivity contribution in [1.82, 2.24) is 15.1 Å². The van der Waals surface area contributed by atoms with Crippen molar-refractivity contribution in [2.45, 2.75) is 13.5 Å². The molecule has 0 spiro atoms. The fourth-order valence-corrected chi connectivity index (χ4v) is 1.77. The van der Waals surface area contributed by atoms with Crippen molar-refractivity contribution >= 4 is 5.91 Å². The number of carbonyl (C=O) groups is 1. The van der Waals surface area contributed by atoms with Gasteiger partial charge in [-0.2, -0.15) is 5.10 Å². The van der Waals surface area contributed by atoms with Crippen LogP contribution in [-0.2, 0) is 13.6 Å². The number of benzene rings is 1. The van der Waals surface area contributed by atoms with Gasteiger partial charge in [0, 0.05) is 25.4 Å². The lowest BCUT2D eigenvalue weighted by Gasteiger charge is -2.05. The maximum absolute atomic E-state index is 13.4. The number of amides is 1. The van der Waals surface area contributed by atoms with E-state index in [4.69, 9.17) is 0 Å². The Balaban J connectivity index is 2.10. The average Bonchev–Trinajstić information content (AvgIpc) is 2.68. The Bertz CT molecular complexity index is 622. The number of aromatic nitrogens is 2. The van der Waals surface area contributed by atoms with Gasteiger partial charge in [-0.3, -0.25) is 9.48 Å². The van der Waals surface area contributed by atoms with E-state index in [1.807, 2.05) is 6.92 Å². The van der Waals surface area contributed by atoms with E-state index in [-0.39, 0.29) is 12.1 Å². The Morgan fingerprint density at radius 1 is 1.42 bits per heavy atom. The molecule has 1 heterocycles. The normalized spacial score (nSPS) is 10.5. The first-order valence-electron chi connectivity index (χ1n) is 5.70. The van der Waals surface area contributed by atoms with Crippen molar-refractivity contribution in [2.75, 3.05) is 0 Å². The second-order valence-corrected chi connectivity index (χ2v) is 4.20. The molecular formula is C13H13F2N3O. The number of nitrogens with zero attached hydrogens (tertiary/aromatic N) is 2. The molecule has 100 valence electrons. The van der Waals surface area contributed by atoms with Crippen LogP contribution in [0.15, 0.2) is 24.4 Å². The van der Waals surface area contributed by atoms with Crippen molar-refractivity contribution < 1.29 is 13.6 Å². The standard InChI is InChI=1S/C13H13F2N3O/c1-8-9(7-18(2)17-8)6-16-13(19)10-4-3-5-11(14)12(10)15/h3-5,7H,6H2,1-2H3,(H,16,19). The van der Waals surface area contributed by atoms with E-state index >= 15 is 0 Å². The third kappa shape index (κ3) is 2.78. The SMILES string of the molecule is Cc1nn(C)cc1CNC(=O)c1cccc(F)c1F. The highest BCUT2D eigenvalue weighted by atomic mass is 19.2. The molecule has 4 nitrogen and oxygen atoms in total. The summed E-state index contributed by atoms with van der Waals surface area (Å²) in [5, 5.41) is 6.66. The van der Waals surface area contributed by atoms with Gasteiger partial charge in [0.2, 0.25) is 0 Å². The van der Waals surface area contributed by atoms with Gasteiger partial charge >= 0.3 is 0 Å². The first kappa shape index (κ1) is 13.2. The lowest BCUT2D eigenvalue weighted by Crippen LogP contribution is -2.24. The number of rotatable bonds is 3. The molecule has 1 aromatic carbocycles. The molecule has 2 aromatic rings. The van der Waals surface area contributed by atoms with Crippen LogP contribution >= 0.6 is 0 Å². The van der Waals surface area contributed by atoms with Crippen molar-refractivity contribution in [1.29, 1.82) is 0 Å². The number of hydrogen-bond donors (Lipinski definition) is 1. The van der Waals surface area contributed by atoms with Crippen LogP contribution in [0.5, 0.6) is 0 Å². The van der Waals surface area contributed by atoms with Crippen LogP contribution in [0.2, 0.25) is 0 Å². The van der Waals surface area contributed by atoms with Gasteiger partial charge in [-0.05, 0) is 19.1 Å². The topological polar surface area (TPSA) is 46.9 Å². The lowest BCUT2D eigenvalue weighted by molar-refractivity contribution is 0.0946. The van der Waals surface area contributed by atoms with Gasteiger partial charge < -0.3 is 5.32 Å². The Labute approximate surface area is 109 Å². The van der Waals surface area contributed by atoms with E-state index in [9.17, 15) is 13.6 Å².